The van der Waals surface area contributed by atoms with Crippen LogP contribution in [0.25, 0.3) is 0 Å². The van der Waals surface area contributed by atoms with Crippen molar-refractivity contribution in [1.29, 1.82) is 0 Å². The molecule has 1 aliphatic rings. The molecule has 4 rings (SSSR count). The zero-order valence-electron chi connectivity index (χ0n) is 20.3. The molecule has 0 aliphatic carbocycles. The number of nitrogens with one attached hydrogen (secondary N) is 2. The zero-order chi connectivity index (χ0) is 26.9. The van der Waals surface area contributed by atoms with Crippen molar-refractivity contribution < 1.29 is 26.4 Å². The van der Waals surface area contributed by atoms with Gasteiger partial charge in [0.1, 0.15) is 0 Å². The van der Waals surface area contributed by atoms with E-state index in [-0.39, 0.29) is 35.3 Å². The minimum absolute atomic E-state index is 0.111. The van der Waals surface area contributed by atoms with Crippen LogP contribution < -0.4 is 19.8 Å². The number of hydrogen-bond donors (Lipinski definition) is 2. The van der Waals surface area contributed by atoms with Gasteiger partial charge in [-0.2, -0.15) is 13.8 Å². The van der Waals surface area contributed by atoms with Gasteiger partial charge in [0.15, 0.2) is 11.6 Å². The summed E-state index contributed by atoms with van der Waals surface area (Å²) in [6.45, 7) is -0.550. The molecular formula is C24H25F3N6O3S. The molecule has 0 saturated carbocycles. The molecule has 0 radical (unpaired) electrons. The number of rotatable bonds is 9. The van der Waals surface area contributed by atoms with Crippen LogP contribution in [-0.2, 0) is 27.8 Å². The fourth-order valence-electron chi connectivity index (χ4n) is 4.04. The molecule has 0 unspecified atom stereocenters. The summed E-state index contributed by atoms with van der Waals surface area (Å²) < 4.78 is 69.4. The van der Waals surface area contributed by atoms with Crippen LogP contribution >= 0.6 is 0 Å². The lowest BCUT2D eigenvalue weighted by atomic mass is 10.1. The summed E-state index contributed by atoms with van der Waals surface area (Å²) in [5.74, 6) is -2.27. The molecule has 2 heterocycles. The molecule has 0 spiro atoms. The van der Waals surface area contributed by atoms with E-state index in [4.69, 9.17) is 0 Å². The molecule has 2 aromatic carbocycles. The van der Waals surface area contributed by atoms with Crippen molar-refractivity contribution in [2.75, 3.05) is 32.6 Å². The van der Waals surface area contributed by atoms with E-state index in [2.05, 4.69) is 20.6 Å². The predicted molar refractivity (Wildman–Crippen MR) is 135 cm³/mol. The Morgan fingerprint density at radius 1 is 1.19 bits per heavy atom. The Kier molecular flexibility index (Phi) is 7.25. The summed E-state index contributed by atoms with van der Waals surface area (Å²) in [6, 6.07) is 9.85. The first-order chi connectivity index (χ1) is 17.5. The summed E-state index contributed by atoms with van der Waals surface area (Å²) in [4.78, 5) is 20.1. The number of fused-ring (bicyclic) bond motifs is 1. The van der Waals surface area contributed by atoms with Crippen LogP contribution in [0.2, 0.25) is 0 Å². The summed E-state index contributed by atoms with van der Waals surface area (Å²) in [6.07, 6.45) is 0.888. The van der Waals surface area contributed by atoms with Gasteiger partial charge in [0, 0.05) is 24.0 Å². The van der Waals surface area contributed by atoms with Gasteiger partial charge in [0.2, 0.25) is 21.9 Å². The number of carbonyl (C=O) groups excluding carboxylic acids is 1. The fourth-order valence-corrected chi connectivity index (χ4v) is 4.90. The van der Waals surface area contributed by atoms with Crippen molar-refractivity contribution in [3.8, 4) is 0 Å². The average molecular weight is 535 g/mol. The lowest BCUT2D eigenvalue weighted by Gasteiger charge is -2.28. The maximum Gasteiger partial charge on any atom is 0.316 e. The Bertz CT molecular complexity index is 1450. The largest absolute Gasteiger partial charge is 0.325 e. The molecule has 3 aromatic rings. The lowest BCUT2D eigenvalue weighted by Crippen LogP contribution is -2.33. The first-order valence-corrected chi connectivity index (χ1v) is 12.9. The number of nitrogens with zero attached hydrogens (tertiary/aromatic N) is 4. The number of aromatic nitrogens is 2. The van der Waals surface area contributed by atoms with Crippen LogP contribution in [0.3, 0.4) is 0 Å². The van der Waals surface area contributed by atoms with Crippen molar-refractivity contribution in [3.05, 3.63) is 65.1 Å². The third kappa shape index (κ3) is 5.31. The zero-order valence-corrected chi connectivity index (χ0v) is 21.1. The maximum absolute atomic E-state index is 14.8. The third-order valence-electron chi connectivity index (χ3n) is 6.10. The molecule has 1 amide bonds. The van der Waals surface area contributed by atoms with Gasteiger partial charge in [0.25, 0.3) is 0 Å². The standard InChI is InChI=1S/C24H25F3N6O3S/c1-4-37(35,36)32(3)20-10-5-7-14(2)16(20)13-33(23(26)27)22-17(25)12-28-24(31-22)30-19-9-6-8-18-15(19)11-21(34)29-18/h5-10,12,23H,4,11,13H2,1-3H3,(H,29,34)(H,28,30,31). The van der Waals surface area contributed by atoms with E-state index in [0.29, 0.717) is 27.4 Å². The van der Waals surface area contributed by atoms with E-state index in [1.54, 1.807) is 37.3 Å². The van der Waals surface area contributed by atoms with E-state index in [1.165, 1.54) is 20.0 Å². The molecule has 0 bridgehead atoms. The molecule has 0 fully saturated rings. The van der Waals surface area contributed by atoms with E-state index < -0.39 is 34.8 Å². The minimum Gasteiger partial charge on any atom is -0.325 e. The molecule has 2 N–H and O–H groups in total. The quantitative estimate of drug-likeness (QED) is 0.397. The van der Waals surface area contributed by atoms with E-state index in [9.17, 15) is 26.4 Å². The number of benzene rings is 2. The number of carbonyl (C=O) groups is 1. The van der Waals surface area contributed by atoms with Crippen LogP contribution in [0.15, 0.2) is 42.6 Å². The monoisotopic (exact) mass is 534 g/mol. The fraction of sp³-hybridized carbons (Fsp3) is 0.292. The van der Waals surface area contributed by atoms with Crippen molar-refractivity contribution in [2.45, 2.75) is 33.4 Å². The Hall–Kier alpha value is -3.87. The summed E-state index contributed by atoms with van der Waals surface area (Å²) in [7, 11) is -2.34. The Morgan fingerprint density at radius 2 is 1.92 bits per heavy atom. The maximum atomic E-state index is 14.8. The molecule has 9 nitrogen and oxygen atoms in total. The van der Waals surface area contributed by atoms with E-state index in [1.807, 2.05) is 0 Å². The summed E-state index contributed by atoms with van der Waals surface area (Å²) in [5.41, 5.74) is 2.76. The predicted octanol–water partition coefficient (Wildman–Crippen LogP) is 4.18. The molecule has 1 aromatic heterocycles. The molecule has 13 heteroatoms. The number of anilines is 5. The Morgan fingerprint density at radius 3 is 2.62 bits per heavy atom. The highest BCUT2D eigenvalue weighted by atomic mass is 32.2. The Balaban J connectivity index is 1.71. The van der Waals surface area contributed by atoms with Gasteiger partial charge in [-0.05, 0) is 43.2 Å². The van der Waals surface area contributed by atoms with Crippen molar-refractivity contribution >= 4 is 44.8 Å². The van der Waals surface area contributed by atoms with Crippen LogP contribution in [0.5, 0.6) is 0 Å². The minimum atomic E-state index is -3.68. The second kappa shape index (κ2) is 10.2. The summed E-state index contributed by atoms with van der Waals surface area (Å²) in [5, 5.41) is 5.58. The number of amides is 1. The third-order valence-corrected chi connectivity index (χ3v) is 7.86. The number of aryl methyl sites for hydroxylation is 1. The highest BCUT2D eigenvalue weighted by molar-refractivity contribution is 7.92. The van der Waals surface area contributed by atoms with Gasteiger partial charge in [-0.3, -0.25) is 14.0 Å². The van der Waals surface area contributed by atoms with Gasteiger partial charge >= 0.3 is 6.55 Å². The van der Waals surface area contributed by atoms with Crippen LogP contribution in [0.4, 0.5) is 42.0 Å². The van der Waals surface area contributed by atoms with Crippen LogP contribution in [0.1, 0.15) is 23.6 Å². The average Bonchev–Trinajstić information content (AvgIpc) is 3.25. The molecular weight excluding hydrogens is 509 g/mol. The second-order valence-electron chi connectivity index (χ2n) is 8.39. The highest BCUT2D eigenvalue weighted by Crippen LogP contribution is 2.33. The topological polar surface area (TPSA) is 108 Å². The van der Waals surface area contributed by atoms with Gasteiger partial charge < -0.3 is 10.6 Å². The smallest absolute Gasteiger partial charge is 0.316 e. The van der Waals surface area contributed by atoms with Crippen molar-refractivity contribution in [2.24, 2.45) is 0 Å². The van der Waals surface area contributed by atoms with Crippen LogP contribution in [0, 0.1) is 12.7 Å². The molecule has 1 aliphatic heterocycles. The van der Waals surface area contributed by atoms with E-state index >= 15 is 0 Å². The second-order valence-corrected chi connectivity index (χ2v) is 10.7. The number of halogens is 3. The summed E-state index contributed by atoms with van der Waals surface area (Å²) >= 11 is 0. The molecule has 0 saturated heterocycles. The first-order valence-electron chi connectivity index (χ1n) is 11.3. The lowest BCUT2D eigenvalue weighted by molar-refractivity contribution is -0.115. The number of alkyl halides is 2. The van der Waals surface area contributed by atoms with E-state index in [0.717, 1.165) is 10.5 Å². The van der Waals surface area contributed by atoms with Gasteiger partial charge in [-0.25, -0.2) is 17.8 Å². The normalized spacial score (nSPS) is 12.9. The van der Waals surface area contributed by atoms with Crippen molar-refractivity contribution in [1.82, 2.24) is 9.97 Å². The molecule has 37 heavy (non-hydrogen) atoms. The Labute approximate surface area is 212 Å². The van der Waals surface area contributed by atoms with Gasteiger partial charge in [0.05, 0.1) is 30.6 Å². The first kappa shape index (κ1) is 26.2. The van der Waals surface area contributed by atoms with Crippen molar-refractivity contribution in [3.63, 3.8) is 0 Å². The number of hydrogen-bond acceptors (Lipinski definition) is 7. The molecule has 0 atom stereocenters. The number of sulfonamides is 1. The van der Waals surface area contributed by atoms with Crippen LogP contribution in [-0.4, -0.2) is 43.6 Å². The highest BCUT2D eigenvalue weighted by Gasteiger charge is 2.28. The van der Waals surface area contributed by atoms with Gasteiger partial charge in [-0.15, -0.1) is 0 Å². The SMILES string of the molecule is CCS(=O)(=O)N(C)c1cccc(C)c1CN(c1nc(Nc2cccc3c2CC(=O)N3)ncc1F)C(F)F. The van der Waals surface area contributed by atoms with Gasteiger partial charge in [-0.1, -0.05) is 18.2 Å². The molecule has 196 valence electrons.